The molecule has 0 aliphatic heterocycles. The Balaban J connectivity index is 1.82. The second-order valence-corrected chi connectivity index (χ2v) is 8.87. The molecule has 28 heavy (non-hydrogen) atoms. The fraction of sp³-hybridized carbons (Fsp3) is 0.280. The first kappa shape index (κ1) is 20.7. The molecule has 3 aromatic carbocycles. The minimum atomic E-state index is -0.0774. The van der Waals surface area contributed by atoms with Gasteiger partial charge in [0.05, 0.1) is 17.5 Å². The molecule has 3 aromatic rings. The number of benzene rings is 3. The molecule has 0 N–H and O–H groups in total. The van der Waals surface area contributed by atoms with Crippen LogP contribution in [0.5, 0.6) is 0 Å². The average Bonchev–Trinajstić information content (AvgIpc) is 2.75. The van der Waals surface area contributed by atoms with Gasteiger partial charge in [-0.05, 0) is 54.9 Å². The first-order valence-corrected chi connectivity index (χ1v) is 11.2. The van der Waals surface area contributed by atoms with E-state index >= 15 is 0 Å². The van der Waals surface area contributed by atoms with Crippen LogP contribution in [0.1, 0.15) is 18.9 Å². The van der Waals surface area contributed by atoms with E-state index in [0.717, 1.165) is 32.7 Å². The number of ether oxygens (including phenoxy) is 1. The molecular formula is C25H30NOS+. The lowest BCUT2D eigenvalue weighted by atomic mass is 10.2. The molecule has 0 heterocycles. The lowest BCUT2D eigenvalue weighted by molar-refractivity contribution is 0.144. The Morgan fingerprint density at radius 1 is 0.714 bits per heavy atom. The highest BCUT2D eigenvalue weighted by atomic mass is 32.2. The lowest BCUT2D eigenvalue weighted by Crippen LogP contribution is -2.27. The van der Waals surface area contributed by atoms with Gasteiger partial charge in [-0.1, -0.05) is 55.5 Å². The highest BCUT2D eigenvalue weighted by Crippen LogP contribution is 2.31. The smallest absolute Gasteiger partial charge is 0.166 e. The number of methoxy groups -OCH3 is 1. The molecule has 0 aliphatic carbocycles. The van der Waals surface area contributed by atoms with Crippen molar-refractivity contribution in [2.45, 2.75) is 34.6 Å². The molecule has 0 spiro atoms. The molecule has 0 atom stereocenters. The third kappa shape index (κ3) is 5.71. The van der Waals surface area contributed by atoms with E-state index in [1.54, 1.807) is 7.11 Å². The van der Waals surface area contributed by atoms with Crippen molar-refractivity contribution in [3.63, 3.8) is 0 Å². The molecule has 0 unspecified atom stereocenters. The monoisotopic (exact) mass is 392 g/mol. The van der Waals surface area contributed by atoms with Gasteiger partial charge in [0.2, 0.25) is 0 Å². The van der Waals surface area contributed by atoms with Crippen molar-refractivity contribution in [3.05, 3.63) is 90.5 Å². The van der Waals surface area contributed by atoms with Gasteiger partial charge in [0.15, 0.2) is 14.7 Å². The van der Waals surface area contributed by atoms with Gasteiger partial charge >= 0.3 is 0 Å². The molecule has 0 aromatic heterocycles. The van der Waals surface area contributed by atoms with Crippen LogP contribution < -0.4 is 0 Å². The van der Waals surface area contributed by atoms with Gasteiger partial charge in [0.1, 0.15) is 0 Å². The molecule has 0 bridgehead atoms. The zero-order valence-corrected chi connectivity index (χ0v) is 17.7. The van der Waals surface area contributed by atoms with E-state index in [9.17, 15) is 0 Å². The Kier molecular flexibility index (Phi) is 8.16. The summed E-state index contributed by atoms with van der Waals surface area (Å²) < 4.78 is 5.26. The highest BCUT2D eigenvalue weighted by molar-refractivity contribution is 7.97. The van der Waals surface area contributed by atoms with E-state index in [2.05, 4.69) is 96.8 Å². The zero-order valence-electron chi connectivity index (χ0n) is 16.9. The van der Waals surface area contributed by atoms with Crippen molar-refractivity contribution < 1.29 is 4.74 Å². The van der Waals surface area contributed by atoms with E-state index < -0.39 is 0 Å². The van der Waals surface area contributed by atoms with Crippen molar-refractivity contribution >= 4 is 10.9 Å². The van der Waals surface area contributed by atoms with E-state index in [1.165, 1.54) is 20.2 Å². The Bertz CT molecular complexity index is 765. The zero-order chi connectivity index (χ0) is 19.6. The van der Waals surface area contributed by atoms with Crippen LogP contribution in [0.4, 0.5) is 0 Å². The third-order valence-corrected chi connectivity index (χ3v) is 6.91. The van der Waals surface area contributed by atoms with Crippen molar-refractivity contribution in [1.29, 1.82) is 0 Å². The third-order valence-electron chi connectivity index (χ3n) is 4.67. The molecule has 3 rings (SSSR count). The number of rotatable bonds is 10. The van der Waals surface area contributed by atoms with Crippen LogP contribution in [-0.4, -0.2) is 31.7 Å². The molecule has 0 radical (unpaired) electrons. The summed E-state index contributed by atoms with van der Waals surface area (Å²) in [7, 11) is 1.69. The van der Waals surface area contributed by atoms with Crippen molar-refractivity contribution in [2.75, 3.05) is 26.8 Å². The normalized spacial score (nSPS) is 11.3. The molecule has 0 aliphatic rings. The van der Waals surface area contributed by atoms with Gasteiger partial charge in [0, 0.05) is 20.2 Å². The van der Waals surface area contributed by atoms with Crippen LogP contribution in [0, 0.1) is 0 Å². The summed E-state index contributed by atoms with van der Waals surface area (Å²) in [5.41, 5.74) is 1.36. The van der Waals surface area contributed by atoms with Crippen LogP contribution in [0.25, 0.3) is 0 Å². The quantitative estimate of drug-likeness (QED) is 0.414. The first-order chi connectivity index (χ1) is 13.8. The molecular weight excluding hydrogens is 362 g/mol. The summed E-state index contributed by atoms with van der Waals surface area (Å²) in [5, 5.41) is 0. The largest absolute Gasteiger partial charge is 0.383 e. The molecule has 0 amide bonds. The predicted molar refractivity (Wildman–Crippen MR) is 119 cm³/mol. The Morgan fingerprint density at radius 2 is 1.25 bits per heavy atom. The molecule has 0 fully saturated rings. The van der Waals surface area contributed by atoms with Gasteiger partial charge in [-0.2, -0.15) is 0 Å². The lowest BCUT2D eigenvalue weighted by Gasteiger charge is -2.21. The number of nitrogens with zero attached hydrogens (tertiary/aromatic N) is 1. The summed E-state index contributed by atoms with van der Waals surface area (Å²) in [6.07, 6.45) is 1.16. The van der Waals surface area contributed by atoms with Crippen molar-refractivity contribution in [3.8, 4) is 0 Å². The summed E-state index contributed by atoms with van der Waals surface area (Å²) in [6.45, 7) is 6.06. The number of hydrogen-bond acceptors (Lipinski definition) is 2. The fourth-order valence-electron chi connectivity index (χ4n) is 3.32. The maximum atomic E-state index is 5.26. The summed E-state index contributed by atoms with van der Waals surface area (Å²) in [5.74, 6) is 0. The summed E-state index contributed by atoms with van der Waals surface area (Å²) >= 11 is 0. The maximum Gasteiger partial charge on any atom is 0.166 e. The van der Waals surface area contributed by atoms with Gasteiger partial charge in [-0.15, -0.1) is 0 Å². The number of hydrogen-bond donors (Lipinski definition) is 0. The fourth-order valence-corrected chi connectivity index (χ4v) is 5.40. The standard InChI is InChI=1S/C25H30NOS/c1-3-18-26(19-20-27-2)21-22-14-16-25(17-15-22)28(23-10-6-4-7-11-23)24-12-8-5-9-13-24/h4-17H,3,18-21H2,1-2H3/q+1. The summed E-state index contributed by atoms with van der Waals surface area (Å²) in [6, 6.07) is 30.8. The SMILES string of the molecule is CCCN(CCOC)Cc1ccc([S+](c2ccccc2)c2ccccc2)cc1. The first-order valence-electron chi connectivity index (χ1n) is 9.96. The predicted octanol–water partition coefficient (Wildman–Crippen LogP) is 5.64. The van der Waals surface area contributed by atoms with Gasteiger partial charge in [-0.3, -0.25) is 4.90 Å². The Morgan fingerprint density at radius 3 is 1.75 bits per heavy atom. The topological polar surface area (TPSA) is 12.5 Å². The summed E-state index contributed by atoms with van der Waals surface area (Å²) in [4.78, 5) is 6.54. The van der Waals surface area contributed by atoms with E-state index in [0.29, 0.717) is 0 Å². The Labute approximate surface area is 172 Å². The van der Waals surface area contributed by atoms with E-state index in [4.69, 9.17) is 4.74 Å². The average molecular weight is 393 g/mol. The van der Waals surface area contributed by atoms with Gasteiger partial charge in [-0.25, -0.2) is 0 Å². The molecule has 2 nitrogen and oxygen atoms in total. The second-order valence-electron chi connectivity index (χ2n) is 6.85. The van der Waals surface area contributed by atoms with E-state index in [-0.39, 0.29) is 10.9 Å². The van der Waals surface area contributed by atoms with Crippen LogP contribution in [0.3, 0.4) is 0 Å². The second kappa shape index (κ2) is 11.1. The molecule has 0 saturated heterocycles. The van der Waals surface area contributed by atoms with Crippen LogP contribution >= 0.6 is 0 Å². The molecule has 0 saturated carbocycles. The maximum absolute atomic E-state index is 5.26. The Hall–Kier alpha value is -2.07. The minimum absolute atomic E-state index is 0.0774. The van der Waals surface area contributed by atoms with Crippen LogP contribution in [-0.2, 0) is 22.2 Å². The molecule has 3 heteroatoms. The minimum Gasteiger partial charge on any atom is -0.383 e. The van der Waals surface area contributed by atoms with Crippen molar-refractivity contribution in [2.24, 2.45) is 0 Å². The van der Waals surface area contributed by atoms with Gasteiger partial charge in [0.25, 0.3) is 0 Å². The molecule has 146 valence electrons. The van der Waals surface area contributed by atoms with E-state index in [1.807, 2.05) is 0 Å². The van der Waals surface area contributed by atoms with Crippen molar-refractivity contribution in [1.82, 2.24) is 4.90 Å². The van der Waals surface area contributed by atoms with Crippen LogP contribution in [0.2, 0.25) is 0 Å². The van der Waals surface area contributed by atoms with Crippen LogP contribution in [0.15, 0.2) is 99.6 Å². The van der Waals surface area contributed by atoms with Gasteiger partial charge < -0.3 is 4.74 Å². The highest BCUT2D eigenvalue weighted by Gasteiger charge is 2.28.